The molecule has 1 unspecified atom stereocenters. The quantitative estimate of drug-likeness (QED) is 0.383. The lowest BCUT2D eigenvalue weighted by Crippen LogP contribution is -2.34. The van der Waals surface area contributed by atoms with Gasteiger partial charge in [0.25, 0.3) is 0 Å². The van der Waals surface area contributed by atoms with Crippen molar-refractivity contribution in [2.75, 3.05) is 26.2 Å². The zero-order valence-corrected chi connectivity index (χ0v) is 21.4. The summed E-state index contributed by atoms with van der Waals surface area (Å²) in [5.74, 6) is 2.04. The summed E-state index contributed by atoms with van der Waals surface area (Å²) in [5, 5.41) is 12.2. The van der Waals surface area contributed by atoms with E-state index in [-0.39, 0.29) is 0 Å². The standard InChI is InChI=1S/C28H32BrNO3/c1-5-30(6-2)14-15-32-22-12-13-23-25(17-22)33-27-24(16-19(3)20(4)26(27)29)28(23,31)18-21-10-8-7-9-11-21/h7-13,16-17,31H,5-6,14-15,18H2,1-4H3. The number of aliphatic hydroxyl groups is 1. The van der Waals surface area contributed by atoms with Crippen molar-refractivity contribution in [1.82, 2.24) is 4.90 Å². The van der Waals surface area contributed by atoms with Gasteiger partial charge in [0.05, 0.1) is 4.47 Å². The number of fused-ring (bicyclic) bond motifs is 2. The molecule has 4 nitrogen and oxygen atoms in total. The molecule has 174 valence electrons. The predicted molar refractivity (Wildman–Crippen MR) is 137 cm³/mol. The van der Waals surface area contributed by atoms with Gasteiger partial charge in [0.2, 0.25) is 0 Å². The van der Waals surface area contributed by atoms with Crippen LogP contribution >= 0.6 is 15.9 Å². The predicted octanol–water partition coefficient (Wildman–Crippen LogP) is 6.37. The van der Waals surface area contributed by atoms with E-state index in [4.69, 9.17) is 9.47 Å². The molecule has 0 radical (unpaired) electrons. The molecule has 5 heteroatoms. The third kappa shape index (κ3) is 4.68. The SMILES string of the molecule is CCN(CC)CCOc1ccc2c(c1)Oc1c(cc(C)c(C)c1Br)C2(O)Cc1ccccc1. The summed E-state index contributed by atoms with van der Waals surface area (Å²) in [4.78, 5) is 2.33. The Bertz CT molecular complexity index is 1130. The molecule has 0 aromatic heterocycles. The number of hydrogen-bond acceptors (Lipinski definition) is 4. The van der Waals surface area contributed by atoms with Crippen molar-refractivity contribution in [3.05, 3.63) is 86.9 Å². The first-order valence-corrected chi connectivity index (χ1v) is 12.4. The molecular weight excluding hydrogens is 478 g/mol. The molecule has 1 aliphatic rings. The maximum atomic E-state index is 12.2. The van der Waals surface area contributed by atoms with Gasteiger partial charge in [0, 0.05) is 30.2 Å². The molecule has 0 saturated carbocycles. The fourth-order valence-electron chi connectivity index (χ4n) is 4.45. The maximum absolute atomic E-state index is 12.2. The number of hydrogen-bond donors (Lipinski definition) is 1. The minimum Gasteiger partial charge on any atom is -0.492 e. The Hall–Kier alpha value is -2.34. The van der Waals surface area contributed by atoms with Crippen LogP contribution in [-0.2, 0) is 12.0 Å². The molecule has 4 rings (SSSR count). The van der Waals surface area contributed by atoms with Gasteiger partial charge in [-0.15, -0.1) is 0 Å². The molecule has 0 fully saturated rings. The van der Waals surface area contributed by atoms with Gasteiger partial charge >= 0.3 is 0 Å². The highest BCUT2D eigenvalue weighted by molar-refractivity contribution is 9.10. The van der Waals surface area contributed by atoms with Crippen LogP contribution in [0, 0.1) is 13.8 Å². The zero-order valence-electron chi connectivity index (χ0n) is 19.8. The second-order valence-electron chi connectivity index (χ2n) is 8.67. The van der Waals surface area contributed by atoms with Gasteiger partial charge in [-0.1, -0.05) is 44.2 Å². The highest BCUT2D eigenvalue weighted by Crippen LogP contribution is 2.52. The van der Waals surface area contributed by atoms with E-state index in [0.29, 0.717) is 24.5 Å². The first-order chi connectivity index (χ1) is 15.9. The second kappa shape index (κ2) is 9.88. The molecule has 0 aliphatic carbocycles. The van der Waals surface area contributed by atoms with Crippen molar-refractivity contribution in [2.45, 2.75) is 39.7 Å². The molecule has 0 bridgehead atoms. The van der Waals surface area contributed by atoms with Crippen LogP contribution in [0.4, 0.5) is 0 Å². The summed E-state index contributed by atoms with van der Waals surface area (Å²) < 4.78 is 13.3. The van der Waals surface area contributed by atoms with Crippen molar-refractivity contribution in [1.29, 1.82) is 0 Å². The van der Waals surface area contributed by atoms with Gasteiger partial charge in [-0.3, -0.25) is 0 Å². The summed E-state index contributed by atoms with van der Waals surface area (Å²) in [6, 6.07) is 17.9. The summed E-state index contributed by atoms with van der Waals surface area (Å²) in [6.45, 7) is 11.9. The van der Waals surface area contributed by atoms with E-state index in [1.807, 2.05) is 48.5 Å². The van der Waals surface area contributed by atoms with Crippen molar-refractivity contribution >= 4 is 15.9 Å². The first kappa shape index (κ1) is 23.8. The second-order valence-corrected chi connectivity index (χ2v) is 9.46. The maximum Gasteiger partial charge on any atom is 0.148 e. The number of aryl methyl sites for hydroxylation is 1. The van der Waals surface area contributed by atoms with Gasteiger partial charge in [-0.2, -0.15) is 0 Å². The Kier molecular flexibility index (Phi) is 7.13. The summed E-state index contributed by atoms with van der Waals surface area (Å²) in [7, 11) is 0. The molecule has 33 heavy (non-hydrogen) atoms. The van der Waals surface area contributed by atoms with E-state index in [1.165, 1.54) is 0 Å². The first-order valence-electron chi connectivity index (χ1n) is 11.6. The molecule has 0 spiro atoms. The number of nitrogens with zero attached hydrogens (tertiary/aromatic N) is 1. The Balaban J connectivity index is 1.73. The van der Waals surface area contributed by atoms with E-state index < -0.39 is 5.60 Å². The number of benzene rings is 3. The Morgan fingerprint density at radius 3 is 2.42 bits per heavy atom. The van der Waals surface area contributed by atoms with Crippen LogP contribution in [0.25, 0.3) is 0 Å². The molecule has 0 amide bonds. The zero-order chi connectivity index (χ0) is 23.6. The minimum atomic E-state index is -1.22. The van der Waals surface area contributed by atoms with E-state index in [9.17, 15) is 5.11 Å². The third-order valence-electron chi connectivity index (χ3n) is 6.66. The average molecular weight is 510 g/mol. The van der Waals surface area contributed by atoms with Crippen molar-refractivity contribution < 1.29 is 14.6 Å². The molecular formula is C28H32BrNO3. The highest BCUT2D eigenvalue weighted by Gasteiger charge is 2.42. The number of halogens is 1. The van der Waals surface area contributed by atoms with Crippen molar-refractivity contribution in [2.24, 2.45) is 0 Å². The lowest BCUT2D eigenvalue weighted by molar-refractivity contribution is 0.0695. The lowest BCUT2D eigenvalue weighted by atomic mass is 9.78. The van der Waals surface area contributed by atoms with E-state index >= 15 is 0 Å². The third-order valence-corrected chi connectivity index (χ3v) is 7.61. The lowest BCUT2D eigenvalue weighted by Gasteiger charge is -2.37. The van der Waals surface area contributed by atoms with Crippen LogP contribution in [-0.4, -0.2) is 36.2 Å². The average Bonchev–Trinajstić information content (AvgIpc) is 2.82. The van der Waals surface area contributed by atoms with Gasteiger partial charge in [-0.25, -0.2) is 0 Å². The molecule has 3 aromatic carbocycles. The largest absolute Gasteiger partial charge is 0.492 e. The van der Waals surface area contributed by atoms with Gasteiger partial charge in [0.1, 0.15) is 29.5 Å². The number of rotatable bonds is 8. The highest BCUT2D eigenvalue weighted by atomic mass is 79.9. The van der Waals surface area contributed by atoms with E-state index in [2.05, 4.69) is 54.6 Å². The smallest absolute Gasteiger partial charge is 0.148 e. The molecule has 1 aliphatic heterocycles. The van der Waals surface area contributed by atoms with Crippen LogP contribution in [0.1, 0.15) is 41.7 Å². The van der Waals surface area contributed by atoms with Crippen LogP contribution < -0.4 is 9.47 Å². The topological polar surface area (TPSA) is 41.9 Å². The molecule has 1 heterocycles. The minimum absolute atomic E-state index is 0.453. The van der Waals surface area contributed by atoms with Crippen molar-refractivity contribution in [3.8, 4) is 17.2 Å². The van der Waals surface area contributed by atoms with Crippen LogP contribution in [0.5, 0.6) is 17.2 Å². The summed E-state index contributed by atoms with van der Waals surface area (Å²) in [6.07, 6.45) is 0.453. The Morgan fingerprint density at radius 1 is 1.00 bits per heavy atom. The molecule has 1 N–H and O–H groups in total. The molecule has 3 aromatic rings. The van der Waals surface area contributed by atoms with Gasteiger partial charge in [-0.05, 0) is 77.8 Å². The Labute approximate surface area is 205 Å². The Morgan fingerprint density at radius 2 is 1.73 bits per heavy atom. The van der Waals surface area contributed by atoms with Crippen LogP contribution in [0.15, 0.2) is 59.1 Å². The van der Waals surface area contributed by atoms with Gasteiger partial charge in [0.15, 0.2) is 0 Å². The van der Waals surface area contributed by atoms with Crippen molar-refractivity contribution in [3.63, 3.8) is 0 Å². The fourth-order valence-corrected chi connectivity index (χ4v) is 5.05. The van der Waals surface area contributed by atoms with E-state index in [1.54, 1.807) is 0 Å². The number of likely N-dealkylation sites (N-methyl/N-ethyl adjacent to an activating group) is 1. The van der Waals surface area contributed by atoms with E-state index in [0.717, 1.165) is 57.7 Å². The summed E-state index contributed by atoms with van der Waals surface area (Å²) in [5.41, 5.74) is 3.59. The number of ether oxygens (including phenoxy) is 2. The fraction of sp³-hybridized carbons (Fsp3) is 0.357. The normalized spacial score (nSPS) is 16.8. The monoisotopic (exact) mass is 509 g/mol. The molecule has 1 atom stereocenters. The van der Waals surface area contributed by atoms with Crippen LogP contribution in [0.2, 0.25) is 0 Å². The summed E-state index contributed by atoms with van der Waals surface area (Å²) >= 11 is 3.73. The van der Waals surface area contributed by atoms with Crippen LogP contribution in [0.3, 0.4) is 0 Å². The molecule has 0 saturated heterocycles. The van der Waals surface area contributed by atoms with Gasteiger partial charge < -0.3 is 19.5 Å².